The minimum absolute atomic E-state index is 0.0885. The summed E-state index contributed by atoms with van der Waals surface area (Å²) < 4.78 is 8.13. The fourth-order valence-electron chi connectivity index (χ4n) is 2.73. The van der Waals surface area contributed by atoms with Gasteiger partial charge in [-0.1, -0.05) is 28.7 Å². The van der Waals surface area contributed by atoms with Crippen molar-refractivity contribution in [2.45, 2.75) is 13.8 Å². The Morgan fingerprint density at radius 2 is 2.14 bits per heavy atom. The van der Waals surface area contributed by atoms with E-state index in [0.29, 0.717) is 29.0 Å². The highest BCUT2D eigenvalue weighted by Crippen LogP contribution is 2.33. The Hall–Kier alpha value is -3.31. The van der Waals surface area contributed by atoms with Crippen LogP contribution in [0.3, 0.4) is 0 Å². The van der Waals surface area contributed by atoms with Crippen LogP contribution in [0.5, 0.6) is 5.75 Å². The van der Waals surface area contributed by atoms with Crippen molar-refractivity contribution in [3.05, 3.63) is 57.1 Å². The first-order valence-corrected chi connectivity index (χ1v) is 10.2. The molecule has 3 heterocycles. The van der Waals surface area contributed by atoms with Crippen LogP contribution in [0.1, 0.15) is 22.3 Å². The van der Waals surface area contributed by atoms with Crippen molar-refractivity contribution < 1.29 is 14.5 Å². The van der Waals surface area contributed by atoms with Crippen molar-refractivity contribution >= 4 is 49.6 Å². The molecule has 0 unspecified atom stereocenters. The van der Waals surface area contributed by atoms with Crippen molar-refractivity contribution in [3.8, 4) is 10.9 Å². The number of ether oxygens (including phenoxy) is 1. The summed E-state index contributed by atoms with van der Waals surface area (Å²) in [6.45, 7) is 4.24. The number of para-hydroxylation sites is 1. The number of nitrogens with one attached hydrogen (secondary N) is 1. The van der Waals surface area contributed by atoms with Crippen molar-refractivity contribution in [1.29, 1.82) is 0 Å². The minimum Gasteiger partial charge on any atom is -0.492 e. The Balaban J connectivity index is 1.68. The third-order valence-corrected chi connectivity index (χ3v) is 5.95. The molecule has 9 nitrogen and oxygen atoms in total. The molecule has 0 atom stereocenters. The number of hydrogen-bond donors (Lipinski definition) is 1. The van der Waals surface area contributed by atoms with Crippen LogP contribution in [0.2, 0.25) is 0 Å². The van der Waals surface area contributed by atoms with Crippen molar-refractivity contribution in [2.24, 2.45) is 0 Å². The SMILES string of the molecule is CCOc1cccc2sc(-n3nc(C)cc3NC(=O)c3ccc([N+](=O)[O-])s3)nc12. The lowest BCUT2D eigenvalue weighted by Gasteiger charge is -2.05. The molecule has 0 aliphatic carbocycles. The first kappa shape index (κ1) is 19.0. The predicted octanol–water partition coefficient (Wildman–Crippen LogP) is 4.41. The molecular formula is C18H15N5O4S2. The number of thiophene rings is 1. The van der Waals surface area contributed by atoms with E-state index < -0.39 is 10.8 Å². The third-order valence-electron chi connectivity index (χ3n) is 3.92. The molecule has 29 heavy (non-hydrogen) atoms. The number of amides is 1. The number of fused-ring (bicyclic) bond motifs is 1. The molecule has 1 amide bonds. The molecule has 0 saturated heterocycles. The molecule has 0 fully saturated rings. The van der Waals surface area contributed by atoms with Crippen molar-refractivity contribution in [2.75, 3.05) is 11.9 Å². The van der Waals surface area contributed by atoms with Gasteiger partial charge in [0.25, 0.3) is 5.91 Å². The molecule has 4 rings (SSSR count). The molecule has 11 heteroatoms. The summed E-state index contributed by atoms with van der Waals surface area (Å²) in [6.07, 6.45) is 0. The summed E-state index contributed by atoms with van der Waals surface area (Å²) in [4.78, 5) is 27.8. The molecule has 3 aromatic heterocycles. The van der Waals surface area contributed by atoms with E-state index in [1.165, 1.54) is 23.5 Å². The highest BCUT2D eigenvalue weighted by molar-refractivity contribution is 7.20. The summed E-state index contributed by atoms with van der Waals surface area (Å²) >= 11 is 2.24. The van der Waals surface area contributed by atoms with Gasteiger partial charge in [0, 0.05) is 12.1 Å². The topological polar surface area (TPSA) is 112 Å². The standard InChI is InChI=1S/C18H15N5O4S2/c1-3-27-11-5-4-6-12-16(11)20-18(29-12)22-14(9-10(2)21-22)19-17(24)13-7-8-15(28-13)23(25)26/h4-9H,3H2,1-2H3,(H,19,24). The lowest BCUT2D eigenvalue weighted by Crippen LogP contribution is -2.13. The molecule has 1 N–H and O–H groups in total. The van der Waals surface area contributed by atoms with Gasteiger partial charge in [0.1, 0.15) is 17.1 Å². The number of carbonyl (C=O) groups is 1. The lowest BCUT2D eigenvalue weighted by atomic mass is 10.3. The highest BCUT2D eigenvalue weighted by Gasteiger charge is 2.19. The van der Waals surface area contributed by atoms with Gasteiger partial charge < -0.3 is 10.1 Å². The molecule has 4 aromatic rings. The normalized spacial score (nSPS) is 11.0. The largest absolute Gasteiger partial charge is 0.492 e. The Kier molecular flexibility index (Phi) is 4.99. The third kappa shape index (κ3) is 3.69. The number of rotatable bonds is 6. The molecule has 1 aromatic carbocycles. The highest BCUT2D eigenvalue weighted by atomic mass is 32.1. The van der Waals surface area contributed by atoms with E-state index in [4.69, 9.17) is 4.74 Å². The van der Waals surface area contributed by atoms with E-state index in [0.717, 1.165) is 21.6 Å². The van der Waals surface area contributed by atoms with Gasteiger partial charge >= 0.3 is 5.00 Å². The fourth-order valence-corrected chi connectivity index (χ4v) is 4.40. The van der Waals surface area contributed by atoms with Gasteiger partial charge in [-0.25, -0.2) is 4.98 Å². The Morgan fingerprint density at radius 1 is 1.31 bits per heavy atom. The van der Waals surface area contributed by atoms with Crippen LogP contribution in [-0.2, 0) is 0 Å². The first-order chi connectivity index (χ1) is 14.0. The molecule has 0 aliphatic rings. The second kappa shape index (κ2) is 7.60. The van der Waals surface area contributed by atoms with Crippen LogP contribution in [0.25, 0.3) is 15.3 Å². The zero-order valence-corrected chi connectivity index (χ0v) is 17.0. The van der Waals surface area contributed by atoms with E-state index in [1.54, 1.807) is 17.7 Å². The number of aryl methyl sites for hydroxylation is 1. The average molecular weight is 429 g/mol. The summed E-state index contributed by atoms with van der Waals surface area (Å²) in [5, 5.41) is 18.5. The van der Waals surface area contributed by atoms with E-state index in [-0.39, 0.29) is 9.88 Å². The Labute approximate surface area is 172 Å². The van der Waals surface area contributed by atoms with Gasteiger partial charge in [-0.15, -0.1) is 0 Å². The summed E-state index contributed by atoms with van der Waals surface area (Å²) in [5.74, 6) is 0.675. The molecule has 0 radical (unpaired) electrons. The summed E-state index contributed by atoms with van der Waals surface area (Å²) in [6, 6.07) is 10.2. The van der Waals surface area contributed by atoms with Gasteiger partial charge in [-0.2, -0.15) is 9.78 Å². The smallest absolute Gasteiger partial charge is 0.324 e. The zero-order chi connectivity index (χ0) is 20.5. The minimum atomic E-state index is -0.521. The molecule has 0 spiro atoms. The summed E-state index contributed by atoms with van der Waals surface area (Å²) in [7, 11) is 0. The number of nitrogens with zero attached hydrogens (tertiary/aromatic N) is 4. The van der Waals surface area contributed by atoms with Gasteiger partial charge in [0.2, 0.25) is 5.13 Å². The molecule has 0 aliphatic heterocycles. The lowest BCUT2D eigenvalue weighted by molar-refractivity contribution is -0.380. The van der Waals surface area contributed by atoms with Crippen LogP contribution >= 0.6 is 22.7 Å². The van der Waals surface area contributed by atoms with Crippen LogP contribution in [0, 0.1) is 17.0 Å². The number of thiazole rings is 1. The number of nitro groups is 1. The number of carbonyl (C=O) groups excluding carboxylic acids is 1. The van der Waals surface area contributed by atoms with Gasteiger partial charge in [-0.3, -0.25) is 14.9 Å². The van der Waals surface area contributed by atoms with Crippen LogP contribution in [0.15, 0.2) is 36.4 Å². The van der Waals surface area contributed by atoms with Crippen LogP contribution in [-0.4, -0.2) is 32.2 Å². The first-order valence-electron chi connectivity index (χ1n) is 8.61. The maximum absolute atomic E-state index is 12.6. The Bertz CT molecular complexity index is 1230. The van der Waals surface area contributed by atoms with Crippen molar-refractivity contribution in [3.63, 3.8) is 0 Å². The second-order valence-electron chi connectivity index (χ2n) is 5.96. The van der Waals surface area contributed by atoms with Gasteiger partial charge in [0.15, 0.2) is 0 Å². The quantitative estimate of drug-likeness (QED) is 0.359. The maximum atomic E-state index is 12.6. The Morgan fingerprint density at radius 3 is 2.86 bits per heavy atom. The molecular weight excluding hydrogens is 414 g/mol. The van der Waals surface area contributed by atoms with Crippen molar-refractivity contribution in [1.82, 2.24) is 14.8 Å². The van der Waals surface area contributed by atoms with E-state index in [1.807, 2.05) is 25.1 Å². The van der Waals surface area contributed by atoms with E-state index >= 15 is 0 Å². The second-order valence-corrected chi connectivity index (χ2v) is 8.04. The van der Waals surface area contributed by atoms with Crippen LogP contribution < -0.4 is 10.1 Å². The number of anilines is 1. The molecule has 0 saturated carbocycles. The van der Waals surface area contributed by atoms with Gasteiger partial charge in [-0.05, 0) is 32.0 Å². The number of aromatic nitrogens is 3. The van der Waals surface area contributed by atoms with Crippen LogP contribution in [0.4, 0.5) is 10.8 Å². The molecule has 148 valence electrons. The predicted molar refractivity (Wildman–Crippen MR) is 112 cm³/mol. The zero-order valence-electron chi connectivity index (χ0n) is 15.4. The van der Waals surface area contributed by atoms with Gasteiger partial charge in [0.05, 0.1) is 26.8 Å². The van der Waals surface area contributed by atoms with E-state index in [9.17, 15) is 14.9 Å². The van der Waals surface area contributed by atoms with E-state index in [2.05, 4.69) is 15.4 Å². The maximum Gasteiger partial charge on any atom is 0.324 e. The summed E-state index contributed by atoms with van der Waals surface area (Å²) in [5.41, 5.74) is 1.43. The number of hydrogen-bond acceptors (Lipinski definition) is 8. The fraction of sp³-hybridized carbons (Fsp3) is 0.167. The molecule has 0 bridgehead atoms. The number of benzene rings is 1. The average Bonchev–Trinajstić information content (AvgIpc) is 3.39. The monoisotopic (exact) mass is 429 g/mol.